The molecule has 0 unspecified atom stereocenters. The van der Waals surface area contributed by atoms with Crippen molar-refractivity contribution in [2.45, 2.75) is 16.3 Å². The first-order valence-electron chi connectivity index (χ1n) is 4.57. The highest BCUT2D eigenvalue weighted by atomic mass is 35.5. The van der Waals surface area contributed by atoms with Crippen molar-refractivity contribution in [1.29, 1.82) is 0 Å². The van der Waals surface area contributed by atoms with Gasteiger partial charge in [0.05, 0.1) is 11.6 Å². The van der Waals surface area contributed by atoms with Crippen molar-refractivity contribution < 1.29 is 0 Å². The van der Waals surface area contributed by atoms with E-state index >= 15 is 0 Å². The van der Waals surface area contributed by atoms with Crippen LogP contribution >= 0.6 is 34.7 Å². The molecule has 0 saturated heterocycles. The monoisotopic (exact) mass is 284 g/mol. The lowest BCUT2D eigenvalue weighted by Gasteiger charge is -1.98. The predicted octanol–water partition coefficient (Wildman–Crippen LogP) is 2.32. The number of H-pyrrole nitrogens is 1. The lowest BCUT2D eigenvalue weighted by atomic mass is 10.4. The van der Waals surface area contributed by atoms with E-state index in [4.69, 9.17) is 11.6 Å². The maximum Gasteiger partial charge on any atom is 0.225 e. The first-order valence-corrected chi connectivity index (χ1v) is 6.58. The quantitative estimate of drug-likeness (QED) is 0.574. The zero-order chi connectivity index (χ0) is 11.8. The number of halogens is 1. The van der Waals surface area contributed by atoms with E-state index in [2.05, 4.69) is 30.4 Å². The number of aromatic nitrogens is 6. The third-order valence-corrected chi connectivity index (χ3v) is 4.00. The van der Waals surface area contributed by atoms with Crippen LogP contribution in [0.1, 0.15) is 5.01 Å². The molecule has 9 heteroatoms. The first kappa shape index (κ1) is 10.9. The van der Waals surface area contributed by atoms with Crippen molar-refractivity contribution >= 4 is 45.7 Å². The number of hydrogen-bond donors (Lipinski definition) is 1. The molecule has 0 aliphatic rings. The molecule has 0 amide bonds. The third kappa shape index (κ3) is 2.11. The fourth-order valence-corrected chi connectivity index (χ4v) is 3.30. The van der Waals surface area contributed by atoms with E-state index in [1.807, 2.05) is 6.92 Å². The second kappa shape index (κ2) is 4.21. The Bertz CT molecular complexity index is 678. The summed E-state index contributed by atoms with van der Waals surface area (Å²) in [4.78, 5) is 8.21. The standard InChI is InChI=1S/C8H5ClN6S2/c1-3-13-15-8(16-3)17-6-4-2-10-14-5(4)11-7(9)12-6/h2H,1H3,(H,10,11,12,14). The molecule has 0 aliphatic heterocycles. The van der Waals surface area contributed by atoms with Gasteiger partial charge in [-0.1, -0.05) is 11.3 Å². The normalized spacial score (nSPS) is 11.2. The number of fused-ring (bicyclic) bond motifs is 1. The third-order valence-electron chi connectivity index (χ3n) is 1.94. The van der Waals surface area contributed by atoms with Gasteiger partial charge in [-0.3, -0.25) is 5.10 Å². The molecule has 0 aliphatic carbocycles. The van der Waals surface area contributed by atoms with E-state index in [0.29, 0.717) is 5.65 Å². The highest BCUT2D eigenvalue weighted by Crippen LogP contribution is 2.32. The van der Waals surface area contributed by atoms with Crippen molar-refractivity contribution in [3.05, 3.63) is 16.5 Å². The Kier molecular flexibility index (Phi) is 2.69. The van der Waals surface area contributed by atoms with Gasteiger partial charge in [0.1, 0.15) is 10.0 Å². The summed E-state index contributed by atoms with van der Waals surface area (Å²) in [6.45, 7) is 1.90. The minimum atomic E-state index is 0.186. The van der Waals surface area contributed by atoms with Gasteiger partial charge in [-0.15, -0.1) is 10.2 Å². The van der Waals surface area contributed by atoms with Crippen LogP contribution in [-0.2, 0) is 0 Å². The fourth-order valence-electron chi connectivity index (χ4n) is 1.26. The zero-order valence-corrected chi connectivity index (χ0v) is 10.9. The number of aryl methyl sites for hydroxylation is 1. The number of rotatable bonds is 2. The number of nitrogens with zero attached hydrogens (tertiary/aromatic N) is 5. The van der Waals surface area contributed by atoms with Gasteiger partial charge in [-0.05, 0) is 30.3 Å². The number of hydrogen-bond acceptors (Lipinski definition) is 7. The van der Waals surface area contributed by atoms with Gasteiger partial charge in [0.2, 0.25) is 5.28 Å². The maximum atomic E-state index is 5.84. The van der Waals surface area contributed by atoms with Gasteiger partial charge in [0, 0.05) is 0 Å². The molecule has 0 aromatic carbocycles. The van der Waals surface area contributed by atoms with Crippen molar-refractivity contribution in [3.63, 3.8) is 0 Å². The summed E-state index contributed by atoms with van der Waals surface area (Å²) in [5.41, 5.74) is 0.619. The molecule has 17 heavy (non-hydrogen) atoms. The molecular formula is C8H5ClN6S2. The van der Waals surface area contributed by atoms with E-state index in [0.717, 1.165) is 19.8 Å². The molecule has 0 saturated carbocycles. The smallest absolute Gasteiger partial charge is 0.225 e. The van der Waals surface area contributed by atoms with Crippen LogP contribution in [0.4, 0.5) is 0 Å². The Morgan fingerprint density at radius 1 is 1.35 bits per heavy atom. The molecule has 3 heterocycles. The summed E-state index contributed by atoms with van der Waals surface area (Å²) in [6, 6.07) is 0. The van der Waals surface area contributed by atoms with Crippen molar-refractivity contribution in [2.75, 3.05) is 0 Å². The maximum absolute atomic E-state index is 5.84. The average molecular weight is 285 g/mol. The van der Waals surface area contributed by atoms with Crippen LogP contribution in [-0.4, -0.2) is 30.4 Å². The van der Waals surface area contributed by atoms with E-state index in [9.17, 15) is 0 Å². The number of aromatic amines is 1. The van der Waals surface area contributed by atoms with Gasteiger partial charge < -0.3 is 0 Å². The lowest BCUT2D eigenvalue weighted by molar-refractivity contribution is 0.980. The van der Waals surface area contributed by atoms with Gasteiger partial charge in [0.25, 0.3) is 0 Å². The average Bonchev–Trinajstić information content (AvgIpc) is 2.87. The molecule has 3 rings (SSSR count). The highest BCUT2D eigenvalue weighted by molar-refractivity contribution is 8.01. The molecule has 1 N–H and O–H groups in total. The Balaban J connectivity index is 2.07. The van der Waals surface area contributed by atoms with Crippen LogP contribution in [0.2, 0.25) is 5.28 Å². The summed E-state index contributed by atoms with van der Waals surface area (Å²) in [5.74, 6) is 0. The van der Waals surface area contributed by atoms with E-state index in [-0.39, 0.29) is 5.28 Å². The Hall–Kier alpha value is -1.25. The van der Waals surface area contributed by atoms with Crippen LogP contribution in [0.15, 0.2) is 15.6 Å². The van der Waals surface area contributed by atoms with Gasteiger partial charge in [-0.2, -0.15) is 10.1 Å². The van der Waals surface area contributed by atoms with E-state index in [1.165, 1.54) is 23.1 Å². The molecule has 3 aromatic heterocycles. The minimum Gasteiger partial charge on any atom is -0.261 e. The van der Waals surface area contributed by atoms with Crippen molar-refractivity contribution in [1.82, 2.24) is 30.4 Å². The molecule has 0 radical (unpaired) electrons. The molecule has 0 bridgehead atoms. The topological polar surface area (TPSA) is 80.2 Å². The van der Waals surface area contributed by atoms with Gasteiger partial charge >= 0.3 is 0 Å². The second-order valence-corrected chi connectivity index (χ2v) is 5.87. The van der Waals surface area contributed by atoms with Gasteiger partial charge in [0.15, 0.2) is 9.99 Å². The van der Waals surface area contributed by atoms with Crippen molar-refractivity contribution in [3.8, 4) is 0 Å². The molecule has 3 aromatic rings. The largest absolute Gasteiger partial charge is 0.261 e. The van der Waals surface area contributed by atoms with Crippen LogP contribution in [0.25, 0.3) is 11.0 Å². The summed E-state index contributed by atoms with van der Waals surface area (Å²) in [7, 11) is 0. The van der Waals surface area contributed by atoms with Crippen LogP contribution in [0.3, 0.4) is 0 Å². The van der Waals surface area contributed by atoms with E-state index in [1.54, 1.807) is 6.20 Å². The molecule has 0 spiro atoms. The summed E-state index contributed by atoms with van der Waals surface area (Å²) in [6.07, 6.45) is 1.67. The molecule has 6 nitrogen and oxygen atoms in total. The summed E-state index contributed by atoms with van der Waals surface area (Å²) in [5, 5.41) is 17.3. The zero-order valence-electron chi connectivity index (χ0n) is 8.51. The van der Waals surface area contributed by atoms with Crippen molar-refractivity contribution in [2.24, 2.45) is 0 Å². The Morgan fingerprint density at radius 3 is 3.00 bits per heavy atom. The predicted molar refractivity (Wildman–Crippen MR) is 65.5 cm³/mol. The Labute approximate surface area is 109 Å². The number of nitrogens with one attached hydrogen (secondary N) is 1. The fraction of sp³-hybridized carbons (Fsp3) is 0.125. The molecule has 0 fully saturated rings. The SMILES string of the molecule is Cc1nnc(Sc2nc(Cl)nc3[nH]ncc23)s1. The first-order chi connectivity index (χ1) is 8.22. The van der Waals surface area contributed by atoms with E-state index < -0.39 is 0 Å². The molecule has 86 valence electrons. The lowest BCUT2D eigenvalue weighted by Crippen LogP contribution is -1.87. The summed E-state index contributed by atoms with van der Waals surface area (Å²) >= 11 is 8.75. The van der Waals surface area contributed by atoms with Gasteiger partial charge in [-0.25, -0.2) is 4.98 Å². The van der Waals surface area contributed by atoms with Crippen LogP contribution in [0.5, 0.6) is 0 Å². The van der Waals surface area contributed by atoms with Crippen LogP contribution in [0, 0.1) is 6.92 Å². The minimum absolute atomic E-state index is 0.186. The second-order valence-electron chi connectivity index (χ2n) is 3.12. The van der Waals surface area contributed by atoms with Crippen LogP contribution < -0.4 is 0 Å². The Morgan fingerprint density at radius 2 is 2.24 bits per heavy atom. The molecular weight excluding hydrogens is 280 g/mol. The summed E-state index contributed by atoms with van der Waals surface area (Å²) < 4.78 is 0.819. The highest BCUT2D eigenvalue weighted by Gasteiger charge is 2.12. The molecule has 0 atom stereocenters.